The highest BCUT2D eigenvalue weighted by atomic mass is 15.1. The van der Waals surface area contributed by atoms with Crippen LogP contribution in [0.25, 0.3) is 0 Å². The monoisotopic (exact) mass is 219 g/mol. The van der Waals surface area contributed by atoms with Crippen molar-refractivity contribution >= 4 is 0 Å². The average Bonchev–Trinajstić information content (AvgIpc) is 2.30. The van der Waals surface area contributed by atoms with E-state index in [1.54, 1.807) is 0 Å². The minimum atomic E-state index is 0.107. The lowest BCUT2D eigenvalue weighted by Gasteiger charge is -2.40. The van der Waals surface area contributed by atoms with Gasteiger partial charge in [-0.25, -0.2) is 0 Å². The summed E-state index contributed by atoms with van der Waals surface area (Å²) in [6.07, 6.45) is 7.64. The van der Waals surface area contributed by atoms with E-state index in [9.17, 15) is 0 Å². The van der Waals surface area contributed by atoms with Gasteiger partial charge in [0.25, 0.3) is 0 Å². The Morgan fingerprint density at radius 3 is 2.88 bits per heavy atom. The van der Waals surface area contributed by atoms with Crippen molar-refractivity contribution in [1.29, 1.82) is 0 Å². The van der Waals surface area contributed by atoms with Crippen molar-refractivity contribution in [3.63, 3.8) is 0 Å². The molecule has 3 heteroatoms. The van der Waals surface area contributed by atoms with Gasteiger partial charge in [0.1, 0.15) is 0 Å². The third-order valence-corrected chi connectivity index (χ3v) is 3.29. The molecule has 0 aromatic carbocycles. The molecule has 0 amide bonds. The predicted octanol–water partition coefficient (Wildman–Crippen LogP) is 1.61. The molecule has 2 rings (SSSR count). The highest BCUT2D eigenvalue weighted by molar-refractivity contribution is 5.22. The second-order valence-electron chi connectivity index (χ2n) is 4.95. The molecule has 1 aliphatic heterocycles. The molecular formula is C13H21N3. The number of aromatic nitrogens is 1. The molecule has 1 aliphatic rings. The van der Waals surface area contributed by atoms with E-state index in [0.717, 1.165) is 13.1 Å². The summed E-state index contributed by atoms with van der Waals surface area (Å²) in [5.41, 5.74) is 1.43. The lowest BCUT2D eigenvalue weighted by atomic mass is 9.82. The van der Waals surface area contributed by atoms with Crippen LogP contribution in [-0.4, -0.2) is 37.1 Å². The molecule has 1 unspecified atom stereocenters. The molecule has 1 aromatic heterocycles. The van der Waals surface area contributed by atoms with E-state index in [4.69, 9.17) is 0 Å². The Bertz CT molecular complexity index is 315. The maximum atomic E-state index is 4.25. The zero-order chi connectivity index (χ0) is 11.4. The molecule has 88 valence electrons. The van der Waals surface area contributed by atoms with Crippen molar-refractivity contribution in [2.45, 2.75) is 24.8 Å². The van der Waals surface area contributed by atoms with Crippen molar-refractivity contribution in [2.24, 2.45) is 0 Å². The van der Waals surface area contributed by atoms with E-state index in [1.165, 1.54) is 24.8 Å². The van der Waals surface area contributed by atoms with Crippen LogP contribution in [-0.2, 0) is 5.54 Å². The number of nitrogens with one attached hydrogen (secondary N) is 1. The second kappa shape index (κ2) is 4.93. The normalized spacial score (nSPS) is 25.9. The van der Waals surface area contributed by atoms with E-state index in [-0.39, 0.29) is 5.54 Å². The summed E-state index contributed by atoms with van der Waals surface area (Å²) in [5, 5.41) is 3.70. The highest BCUT2D eigenvalue weighted by Crippen LogP contribution is 2.30. The third kappa shape index (κ3) is 2.42. The maximum Gasteiger partial charge on any atom is 0.0578 e. The fraction of sp³-hybridized carbons (Fsp3) is 0.615. The number of piperidine rings is 1. The van der Waals surface area contributed by atoms with E-state index in [0.29, 0.717) is 0 Å². The fourth-order valence-corrected chi connectivity index (χ4v) is 2.63. The van der Waals surface area contributed by atoms with E-state index in [1.807, 2.05) is 18.5 Å². The lowest BCUT2D eigenvalue weighted by Crippen LogP contribution is -2.52. The summed E-state index contributed by atoms with van der Waals surface area (Å²) in [7, 11) is 4.27. The van der Waals surface area contributed by atoms with E-state index in [2.05, 4.69) is 35.4 Å². The molecule has 1 fully saturated rings. The summed E-state index contributed by atoms with van der Waals surface area (Å²) < 4.78 is 0. The van der Waals surface area contributed by atoms with E-state index < -0.39 is 0 Å². The van der Waals surface area contributed by atoms with Gasteiger partial charge in [-0.3, -0.25) is 4.98 Å². The van der Waals surface area contributed by atoms with Gasteiger partial charge in [-0.2, -0.15) is 0 Å². The van der Waals surface area contributed by atoms with Gasteiger partial charge in [-0.05, 0) is 51.5 Å². The first-order valence-electron chi connectivity index (χ1n) is 6.03. The van der Waals surface area contributed by atoms with Crippen LogP contribution in [0.2, 0.25) is 0 Å². The standard InChI is InChI=1S/C13H21N3/c1-16(2)11-13(7-3-4-9-15-13)12-6-5-8-14-10-12/h5-6,8,10,15H,3-4,7,9,11H2,1-2H3. The van der Waals surface area contributed by atoms with Gasteiger partial charge in [-0.15, -0.1) is 0 Å². The van der Waals surface area contributed by atoms with Crippen LogP contribution in [0.15, 0.2) is 24.5 Å². The molecule has 0 radical (unpaired) electrons. The summed E-state index contributed by atoms with van der Waals surface area (Å²) >= 11 is 0. The third-order valence-electron chi connectivity index (χ3n) is 3.29. The van der Waals surface area contributed by atoms with Gasteiger partial charge in [0.15, 0.2) is 0 Å². The van der Waals surface area contributed by atoms with Crippen molar-refractivity contribution in [3.05, 3.63) is 30.1 Å². The number of rotatable bonds is 3. The average molecular weight is 219 g/mol. The van der Waals surface area contributed by atoms with Crippen molar-refractivity contribution in [1.82, 2.24) is 15.2 Å². The second-order valence-corrected chi connectivity index (χ2v) is 4.95. The number of likely N-dealkylation sites (N-methyl/N-ethyl adjacent to an activating group) is 1. The molecule has 0 bridgehead atoms. The first-order chi connectivity index (χ1) is 7.73. The first-order valence-corrected chi connectivity index (χ1v) is 6.03. The van der Waals surface area contributed by atoms with Crippen molar-refractivity contribution in [2.75, 3.05) is 27.2 Å². The number of nitrogens with zero attached hydrogens (tertiary/aromatic N) is 2. The Labute approximate surface area is 97.9 Å². The summed E-state index contributed by atoms with van der Waals surface area (Å²) in [6.45, 7) is 2.15. The van der Waals surface area contributed by atoms with Crippen molar-refractivity contribution < 1.29 is 0 Å². The smallest absolute Gasteiger partial charge is 0.0578 e. The van der Waals surface area contributed by atoms with Gasteiger partial charge in [0.05, 0.1) is 5.54 Å². The highest BCUT2D eigenvalue weighted by Gasteiger charge is 2.34. The molecule has 3 nitrogen and oxygen atoms in total. The molecule has 0 aliphatic carbocycles. The van der Waals surface area contributed by atoms with Crippen LogP contribution < -0.4 is 5.32 Å². The summed E-state index contributed by atoms with van der Waals surface area (Å²) in [6, 6.07) is 4.22. The maximum absolute atomic E-state index is 4.25. The molecule has 16 heavy (non-hydrogen) atoms. The Morgan fingerprint density at radius 2 is 2.31 bits per heavy atom. The Kier molecular flexibility index (Phi) is 3.56. The summed E-state index contributed by atoms with van der Waals surface area (Å²) in [5.74, 6) is 0. The van der Waals surface area contributed by atoms with Crippen LogP contribution >= 0.6 is 0 Å². The Morgan fingerprint density at radius 1 is 1.44 bits per heavy atom. The lowest BCUT2D eigenvalue weighted by molar-refractivity contribution is 0.190. The first kappa shape index (κ1) is 11.6. The van der Waals surface area contributed by atoms with Gasteiger partial charge in [0.2, 0.25) is 0 Å². The zero-order valence-corrected chi connectivity index (χ0v) is 10.2. The van der Waals surface area contributed by atoms with Crippen LogP contribution in [0.5, 0.6) is 0 Å². The van der Waals surface area contributed by atoms with Crippen LogP contribution in [0.3, 0.4) is 0 Å². The SMILES string of the molecule is CN(C)CC1(c2cccnc2)CCCCN1. The van der Waals surface area contributed by atoms with Crippen LogP contribution in [0, 0.1) is 0 Å². The molecule has 0 spiro atoms. The topological polar surface area (TPSA) is 28.2 Å². The van der Waals surface area contributed by atoms with Crippen LogP contribution in [0.1, 0.15) is 24.8 Å². The molecule has 0 saturated carbocycles. The fourth-order valence-electron chi connectivity index (χ4n) is 2.63. The molecular weight excluding hydrogens is 198 g/mol. The molecule has 1 saturated heterocycles. The number of pyridine rings is 1. The largest absolute Gasteiger partial charge is 0.307 e. The molecule has 2 heterocycles. The van der Waals surface area contributed by atoms with E-state index >= 15 is 0 Å². The van der Waals surface area contributed by atoms with Gasteiger partial charge >= 0.3 is 0 Å². The minimum absolute atomic E-state index is 0.107. The molecule has 1 atom stereocenters. The Hall–Kier alpha value is -0.930. The van der Waals surface area contributed by atoms with Gasteiger partial charge < -0.3 is 10.2 Å². The minimum Gasteiger partial charge on any atom is -0.307 e. The van der Waals surface area contributed by atoms with Gasteiger partial charge in [-0.1, -0.05) is 6.07 Å². The molecule has 1 N–H and O–H groups in total. The van der Waals surface area contributed by atoms with Gasteiger partial charge in [0, 0.05) is 18.9 Å². The van der Waals surface area contributed by atoms with Crippen LogP contribution in [0.4, 0.5) is 0 Å². The molecule has 1 aromatic rings. The number of hydrogen-bond donors (Lipinski definition) is 1. The Balaban J connectivity index is 2.26. The van der Waals surface area contributed by atoms with Crippen molar-refractivity contribution in [3.8, 4) is 0 Å². The zero-order valence-electron chi connectivity index (χ0n) is 10.2. The predicted molar refractivity (Wildman–Crippen MR) is 66.3 cm³/mol. The summed E-state index contributed by atoms with van der Waals surface area (Å²) in [4.78, 5) is 6.51. The quantitative estimate of drug-likeness (QED) is 0.837. The number of hydrogen-bond acceptors (Lipinski definition) is 3.